The monoisotopic (exact) mass is 347 g/mol. The molecule has 2 N–H and O–H groups in total. The third-order valence-electron chi connectivity index (χ3n) is 5.25. The third kappa shape index (κ3) is 4.95. The molecule has 1 saturated heterocycles. The highest BCUT2D eigenvalue weighted by atomic mass is 16.6. The Morgan fingerprint density at radius 2 is 1.88 bits per heavy atom. The summed E-state index contributed by atoms with van der Waals surface area (Å²) in [7, 11) is 0. The van der Waals surface area contributed by atoms with Crippen molar-refractivity contribution < 1.29 is 19.0 Å². The fourth-order valence-electron chi connectivity index (χ4n) is 3.80. The molecular weight excluding hydrogens is 318 g/mol. The number of carbonyl (C=O) groups is 1. The summed E-state index contributed by atoms with van der Waals surface area (Å²) in [4.78, 5) is 12.1. The van der Waals surface area contributed by atoms with E-state index >= 15 is 0 Å². The molecule has 4 atom stereocenters. The van der Waals surface area contributed by atoms with Crippen molar-refractivity contribution in [2.24, 2.45) is 11.7 Å². The molecule has 3 rings (SSSR count). The first-order chi connectivity index (χ1) is 12.1. The molecule has 0 spiro atoms. The second-order valence-electron chi connectivity index (χ2n) is 7.23. The van der Waals surface area contributed by atoms with Crippen LogP contribution in [-0.2, 0) is 14.3 Å². The van der Waals surface area contributed by atoms with E-state index < -0.39 is 12.1 Å². The molecule has 1 heterocycles. The van der Waals surface area contributed by atoms with Gasteiger partial charge in [-0.1, -0.05) is 43.9 Å². The number of hydrogen-bond donors (Lipinski definition) is 1. The van der Waals surface area contributed by atoms with Crippen molar-refractivity contribution in [2.45, 2.75) is 69.8 Å². The summed E-state index contributed by atoms with van der Waals surface area (Å²) in [6, 6.07) is 9.02. The second kappa shape index (κ2) is 8.68. The predicted octanol–water partition coefficient (Wildman–Crippen LogP) is 3.06. The Kier molecular flexibility index (Phi) is 6.32. The van der Waals surface area contributed by atoms with Crippen LogP contribution in [0.25, 0.3) is 0 Å². The fraction of sp³-hybridized carbons (Fsp3) is 0.650. The van der Waals surface area contributed by atoms with Crippen molar-refractivity contribution in [3.05, 3.63) is 30.3 Å². The van der Waals surface area contributed by atoms with Gasteiger partial charge in [-0.25, -0.2) is 0 Å². The number of esters is 1. The Hall–Kier alpha value is -1.59. The standard InChI is InChI=1S/C20H29NO4/c1-14-19(25-16-9-3-2-4-10-16)18(13-15-7-5-6-8-15)23-12-11-17(21)20(22)24-14/h2-4,9-10,14-15,17-19H,5-8,11-13,21H2,1H3/t14-,17-,18+,19-/m0/s1. The van der Waals surface area contributed by atoms with Crippen LogP contribution < -0.4 is 10.5 Å². The molecule has 1 saturated carbocycles. The van der Waals surface area contributed by atoms with E-state index in [-0.39, 0.29) is 18.2 Å². The van der Waals surface area contributed by atoms with Gasteiger partial charge in [0.05, 0.1) is 6.10 Å². The van der Waals surface area contributed by atoms with E-state index in [0.717, 1.165) is 12.2 Å². The van der Waals surface area contributed by atoms with Crippen LogP contribution in [-0.4, -0.2) is 36.9 Å². The van der Waals surface area contributed by atoms with Gasteiger partial charge in [0, 0.05) is 6.61 Å². The van der Waals surface area contributed by atoms with Crippen LogP contribution in [0.2, 0.25) is 0 Å². The first-order valence-electron chi connectivity index (χ1n) is 9.43. The van der Waals surface area contributed by atoms with Gasteiger partial charge >= 0.3 is 5.97 Å². The van der Waals surface area contributed by atoms with Gasteiger partial charge in [0.15, 0.2) is 6.10 Å². The lowest BCUT2D eigenvalue weighted by Crippen LogP contribution is -2.45. The fourth-order valence-corrected chi connectivity index (χ4v) is 3.80. The normalized spacial score (nSPS) is 31.7. The minimum atomic E-state index is -0.634. The third-order valence-corrected chi connectivity index (χ3v) is 5.25. The maximum Gasteiger partial charge on any atom is 0.323 e. The van der Waals surface area contributed by atoms with E-state index in [1.165, 1.54) is 25.7 Å². The number of hydrogen-bond acceptors (Lipinski definition) is 5. The number of rotatable bonds is 4. The second-order valence-corrected chi connectivity index (χ2v) is 7.23. The molecule has 1 aromatic carbocycles. The van der Waals surface area contributed by atoms with Crippen LogP contribution in [0.1, 0.15) is 45.4 Å². The molecule has 0 unspecified atom stereocenters. The first-order valence-corrected chi connectivity index (χ1v) is 9.43. The lowest BCUT2D eigenvalue weighted by atomic mass is 9.95. The zero-order valence-corrected chi connectivity index (χ0v) is 14.9. The highest BCUT2D eigenvalue weighted by Crippen LogP contribution is 2.32. The van der Waals surface area contributed by atoms with Gasteiger partial charge in [0.2, 0.25) is 0 Å². The number of benzene rings is 1. The maximum atomic E-state index is 12.1. The predicted molar refractivity (Wildman–Crippen MR) is 95.3 cm³/mol. The van der Waals surface area contributed by atoms with Crippen molar-refractivity contribution in [2.75, 3.05) is 6.61 Å². The molecule has 0 radical (unpaired) electrons. The van der Waals surface area contributed by atoms with Crippen LogP contribution in [0.15, 0.2) is 30.3 Å². The Bertz CT molecular complexity index is 544. The smallest absolute Gasteiger partial charge is 0.323 e. The topological polar surface area (TPSA) is 70.8 Å². The van der Waals surface area contributed by atoms with Crippen LogP contribution in [0.3, 0.4) is 0 Å². The van der Waals surface area contributed by atoms with Gasteiger partial charge in [-0.2, -0.15) is 0 Å². The molecule has 5 heteroatoms. The minimum Gasteiger partial charge on any atom is -0.484 e. The molecule has 25 heavy (non-hydrogen) atoms. The summed E-state index contributed by atoms with van der Waals surface area (Å²) in [5, 5.41) is 0. The van der Waals surface area contributed by atoms with Gasteiger partial charge in [0.1, 0.15) is 17.9 Å². The maximum absolute atomic E-state index is 12.1. The first kappa shape index (κ1) is 18.2. The highest BCUT2D eigenvalue weighted by Gasteiger charge is 2.36. The molecule has 0 amide bonds. The lowest BCUT2D eigenvalue weighted by Gasteiger charge is -2.32. The van der Waals surface area contributed by atoms with E-state index in [1.807, 2.05) is 37.3 Å². The lowest BCUT2D eigenvalue weighted by molar-refractivity contribution is -0.157. The van der Waals surface area contributed by atoms with Gasteiger partial charge in [-0.3, -0.25) is 4.79 Å². The van der Waals surface area contributed by atoms with E-state index in [4.69, 9.17) is 19.9 Å². The molecule has 0 aromatic heterocycles. The van der Waals surface area contributed by atoms with Gasteiger partial charge < -0.3 is 19.9 Å². The average molecular weight is 347 g/mol. The van der Waals surface area contributed by atoms with Gasteiger partial charge in [-0.15, -0.1) is 0 Å². The van der Waals surface area contributed by atoms with E-state index in [9.17, 15) is 4.79 Å². The van der Waals surface area contributed by atoms with Crippen LogP contribution in [0.5, 0.6) is 5.75 Å². The minimum absolute atomic E-state index is 0.101. The Morgan fingerprint density at radius 3 is 2.60 bits per heavy atom. The molecule has 2 aliphatic rings. The number of cyclic esters (lactones) is 1. The quantitative estimate of drug-likeness (QED) is 0.848. The van der Waals surface area contributed by atoms with E-state index in [1.54, 1.807) is 0 Å². The SMILES string of the molecule is C[C@@H]1OC(=O)[C@@H](N)CCO[C@H](CC2CCCC2)[C@H]1Oc1ccccc1. The summed E-state index contributed by atoms with van der Waals surface area (Å²) in [6.45, 7) is 2.32. The van der Waals surface area contributed by atoms with Crippen LogP contribution in [0, 0.1) is 5.92 Å². The molecule has 1 aromatic rings. The van der Waals surface area contributed by atoms with Crippen molar-refractivity contribution >= 4 is 5.97 Å². The van der Waals surface area contributed by atoms with Crippen LogP contribution in [0.4, 0.5) is 0 Å². The van der Waals surface area contributed by atoms with E-state index in [2.05, 4.69) is 0 Å². The zero-order chi connectivity index (χ0) is 17.6. The Balaban J connectivity index is 1.78. The van der Waals surface area contributed by atoms with Crippen molar-refractivity contribution in [1.29, 1.82) is 0 Å². The molecular formula is C20H29NO4. The summed E-state index contributed by atoms with van der Waals surface area (Å²) in [5.74, 6) is 1.04. The summed E-state index contributed by atoms with van der Waals surface area (Å²) in [5.41, 5.74) is 5.89. The average Bonchev–Trinajstić information content (AvgIpc) is 3.12. The number of carbonyl (C=O) groups excluding carboxylic acids is 1. The van der Waals surface area contributed by atoms with Gasteiger partial charge in [-0.05, 0) is 37.8 Å². The molecule has 138 valence electrons. The number of ether oxygens (including phenoxy) is 3. The molecule has 2 fully saturated rings. The van der Waals surface area contributed by atoms with Gasteiger partial charge in [0.25, 0.3) is 0 Å². The molecule has 1 aliphatic heterocycles. The Labute approximate surface area is 149 Å². The van der Waals surface area contributed by atoms with Crippen molar-refractivity contribution in [3.8, 4) is 5.75 Å². The Morgan fingerprint density at radius 1 is 1.16 bits per heavy atom. The summed E-state index contributed by atoms with van der Waals surface area (Å²) < 4.78 is 18.0. The molecule has 1 aliphatic carbocycles. The summed E-state index contributed by atoms with van der Waals surface area (Å²) in [6.07, 6.45) is 5.63. The van der Waals surface area contributed by atoms with E-state index in [0.29, 0.717) is 18.9 Å². The largest absolute Gasteiger partial charge is 0.484 e. The van der Waals surface area contributed by atoms with Crippen molar-refractivity contribution in [1.82, 2.24) is 0 Å². The zero-order valence-electron chi connectivity index (χ0n) is 14.9. The van der Waals surface area contributed by atoms with Crippen LogP contribution >= 0.6 is 0 Å². The number of para-hydroxylation sites is 1. The summed E-state index contributed by atoms with van der Waals surface area (Å²) >= 11 is 0. The number of nitrogens with two attached hydrogens (primary N) is 1. The molecule has 5 nitrogen and oxygen atoms in total. The highest BCUT2D eigenvalue weighted by molar-refractivity contribution is 5.75. The molecule has 0 bridgehead atoms. The van der Waals surface area contributed by atoms with Crippen molar-refractivity contribution in [3.63, 3.8) is 0 Å².